The van der Waals surface area contributed by atoms with E-state index in [4.69, 9.17) is 14.2 Å². The van der Waals surface area contributed by atoms with Crippen LogP contribution in [0.1, 0.15) is 25.0 Å². The number of carbonyl (C=O) groups excluding carboxylic acids is 3. The molecule has 0 aromatic heterocycles. The number of carbonyl (C=O) groups is 3. The summed E-state index contributed by atoms with van der Waals surface area (Å²) >= 11 is 4.37. The van der Waals surface area contributed by atoms with E-state index in [1.807, 2.05) is 32.0 Å². The lowest BCUT2D eigenvalue weighted by Gasteiger charge is -2.15. The highest BCUT2D eigenvalue weighted by Crippen LogP contribution is 2.40. The van der Waals surface area contributed by atoms with Crippen LogP contribution in [-0.2, 0) is 16.2 Å². The Kier molecular flexibility index (Phi) is 9.68. The third-order valence-electron chi connectivity index (χ3n) is 6.45. The molecule has 220 valence electrons. The average Bonchev–Trinajstić information content (AvgIpc) is 3.25. The minimum atomic E-state index is -0.539. The predicted octanol–water partition coefficient (Wildman–Crippen LogP) is 7.65. The molecular formula is C33H29BrN2O6S. The molecule has 10 heteroatoms. The number of hydrogen-bond donors (Lipinski definition) is 1. The van der Waals surface area contributed by atoms with Crippen LogP contribution in [-0.4, -0.2) is 41.7 Å². The number of thioether (sulfide) groups is 1. The van der Waals surface area contributed by atoms with E-state index in [0.29, 0.717) is 52.8 Å². The number of nitrogens with zero attached hydrogens (tertiary/aromatic N) is 1. The molecule has 0 spiro atoms. The van der Waals surface area contributed by atoms with Crippen molar-refractivity contribution in [1.29, 1.82) is 0 Å². The van der Waals surface area contributed by atoms with Crippen molar-refractivity contribution in [2.24, 2.45) is 0 Å². The molecule has 1 saturated heterocycles. The molecule has 4 aromatic rings. The maximum absolute atomic E-state index is 13.1. The van der Waals surface area contributed by atoms with Gasteiger partial charge in [0.1, 0.15) is 18.9 Å². The van der Waals surface area contributed by atoms with Crippen molar-refractivity contribution >= 4 is 67.3 Å². The fourth-order valence-electron chi connectivity index (χ4n) is 4.49. The second-order valence-corrected chi connectivity index (χ2v) is 11.4. The van der Waals surface area contributed by atoms with Crippen LogP contribution in [0, 0.1) is 0 Å². The molecule has 1 aliphatic rings. The Morgan fingerprint density at radius 3 is 2.40 bits per heavy atom. The Labute approximate surface area is 262 Å². The molecule has 1 heterocycles. The van der Waals surface area contributed by atoms with Gasteiger partial charge in [0, 0.05) is 5.69 Å². The number of benzene rings is 4. The minimum Gasteiger partial charge on any atom is -0.494 e. The van der Waals surface area contributed by atoms with Gasteiger partial charge in [0.05, 0.1) is 22.6 Å². The van der Waals surface area contributed by atoms with E-state index in [-0.39, 0.29) is 4.91 Å². The lowest BCUT2D eigenvalue weighted by atomic mass is 10.1. The molecule has 0 bridgehead atoms. The minimum absolute atomic E-state index is 0.207. The highest BCUT2D eigenvalue weighted by molar-refractivity contribution is 9.10. The third-order valence-corrected chi connectivity index (χ3v) is 7.95. The first-order chi connectivity index (χ1) is 20.8. The molecule has 1 fully saturated rings. The van der Waals surface area contributed by atoms with Gasteiger partial charge in [0.2, 0.25) is 5.91 Å². The van der Waals surface area contributed by atoms with Crippen LogP contribution in [0.3, 0.4) is 0 Å². The summed E-state index contributed by atoms with van der Waals surface area (Å²) in [6.07, 6.45) is 1.61. The average molecular weight is 662 g/mol. The van der Waals surface area contributed by atoms with Gasteiger partial charge in [-0.2, -0.15) is 0 Å². The van der Waals surface area contributed by atoms with E-state index in [2.05, 4.69) is 45.5 Å². The van der Waals surface area contributed by atoms with Crippen LogP contribution in [0.25, 0.3) is 16.8 Å². The largest absolute Gasteiger partial charge is 0.494 e. The monoisotopic (exact) mass is 660 g/mol. The van der Waals surface area contributed by atoms with Gasteiger partial charge in [-0.25, -0.2) is 0 Å². The zero-order valence-electron chi connectivity index (χ0n) is 23.6. The van der Waals surface area contributed by atoms with Gasteiger partial charge in [0.15, 0.2) is 11.5 Å². The van der Waals surface area contributed by atoms with Crippen LogP contribution in [0.2, 0.25) is 0 Å². The molecule has 5 rings (SSSR count). The second kappa shape index (κ2) is 13.8. The quantitative estimate of drug-likeness (QED) is 0.165. The number of hydrogen-bond acceptors (Lipinski definition) is 7. The molecule has 0 atom stereocenters. The van der Waals surface area contributed by atoms with E-state index in [0.717, 1.165) is 33.0 Å². The highest BCUT2D eigenvalue weighted by Gasteiger charge is 2.36. The Balaban J connectivity index is 1.27. The van der Waals surface area contributed by atoms with Crippen LogP contribution >= 0.6 is 27.7 Å². The van der Waals surface area contributed by atoms with Gasteiger partial charge in [-0.15, -0.1) is 0 Å². The molecule has 0 saturated carbocycles. The number of fused-ring (bicyclic) bond motifs is 1. The molecule has 3 amide bonds. The topological polar surface area (TPSA) is 94.2 Å². The summed E-state index contributed by atoms with van der Waals surface area (Å²) in [6, 6.07) is 24.7. The molecule has 0 radical (unpaired) electrons. The Morgan fingerprint density at radius 1 is 0.907 bits per heavy atom. The number of nitrogens with one attached hydrogen (secondary N) is 1. The molecular weight excluding hydrogens is 632 g/mol. The summed E-state index contributed by atoms with van der Waals surface area (Å²) in [5, 5.41) is 4.48. The number of ether oxygens (including phenoxy) is 3. The summed E-state index contributed by atoms with van der Waals surface area (Å²) in [4.78, 5) is 39.5. The predicted molar refractivity (Wildman–Crippen MR) is 173 cm³/mol. The van der Waals surface area contributed by atoms with Gasteiger partial charge < -0.3 is 19.5 Å². The lowest BCUT2D eigenvalue weighted by Crippen LogP contribution is -2.36. The summed E-state index contributed by atoms with van der Waals surface area (Å²) in [6.45, 7) is 4.63. The van der Waals surface area contributed by atoms with Crippen molar-refractivity contribution in [2.75, 3.05) is 25.1 Å². The summed E-state index contributed by atoms with van der Waals surface area (Å²) < 4.78 is 18.1. The van der Waals surface area contributed by atoms with Crippen LogP contribution in [0.15, 0.2) is 88.2 Å². The normalized spacial score (nSPS) is 13.9. The SMILES string of the molecule is CCOc1ccc(NC(=O)CN2C(=O)S/C(=C/c3cc(Br)c(OCc4ccc5ccccc5c4)c(OCC)c3)C2=O)cc1. The Hall–Kier alpha value is -4.28. The van der Waals surface area contributed by atoms with Gasteiger partial charge >= 0.3 is 0 Å². The van der Waals surface area contributed by atoms with Crippen molar-refractivity contribution in [3.05, 3.63) is 99.4 Å². The van der Waals surface area contributed by atoms with Gasteiger partial charge in [-0.05, 0) is 112 Å². The van der Waals surface area contributed by atoms with E-state index in [9.17, 15) is 14.4 Å². The van der Waals surface area contributed by atoms with Crippen LogP contribution in [0.4, 0.5) is 10.5 Å². The fraction of sp³-hybridized carbons (Fsp3) is 0.182. The Bertz CT molecular complexity index is 1710. The first kappa shape index (κ1) is 30.2. The number of halogens is 1. The van der Waals surface area contributed by atoms with Crippen LogP contribution < -0.4 is 19.5 Å². The number of anilines is 1. The maximum atomic E-state index is 13.1. The first-order valence-corrected chi connectivity index (χ1v) is 15.3. The van der Waals surface area contributed by atoms with Crippen molar-refractivity contribution in [3.63, 3.8) is 0 Å². The first-order valence-electron chi connectivity index (χ1n) is 13.7. The molecule has 0 unspecified atom stereocenters. The number of imide groups is 1. The molecule has 0 aliphatic carbocycles. The fourth-order valence-corrected chi connectivity index (χ4v) is 5.90. The van der Waals surface area contributed by atoms with Crippen molar-refractivity contribution in [3.8, 4) is 17.2 Å². The van der Waals surface area contributed by atoms with E-state index >= 15 is 0 Å². The molecule has 43 heavy (non-hydrogen) atoms. The van der Waals surface area contributed by atoms with E-state index < -0.39 is 23.6 Å². The second-order valence-electron chi connectivity index (χ2n) is 9.51. The van der Waals surface area contributed by atoms with Gasteiger partial charge in [0.25, 0.3) is 11.1 Å². The van der Waals surface area contributed by atoms with Gasteiger partial charge in [-0.3, -0.25) is 19.3 Å². The third kappa shape index (κ3) is 7.39. The van der Waals surface area contributed by atoms with E-state index in [1.165, 1.54) is 0 Å². The summed E-state index contributed by atoms with van der Waals surface area (Å²) in [7, 11) is 0. The zero-order chi connectivity index (χ0) is 30.3. The molecule has 1 N–H and O–H groups in total. The van der Waals surface area contributed by atoms with E-state index in [1.54, 1.807) is 42.5 Å². The summed E-state index contributed by atoms with van der Waals surface area (Å²) in [5.41, 5.74) is 2.18. The zero-order valence-corrected chi connectivity index (χ0v) is 26.0. The van der Waals surface area contributed by atoms with Crippen molar-refractivity contribution in [2.45, 2.75) is 20.5 Å². The molecule has 1 aliphatic heterocycles. The maximum Gasteiger partial charge on any atom is 0.294 e. The molecule has 4 aromatic carbocycles. The lowest BCUT2D eigenvalue weighted by molar-refractivity contribution is -0.127. The summed E-state index contributed by atoms with van der Waals surface area (Å²) in [5.74, 6) is 0.689. The van der Waals surface area contributed by atoms with Crippen molar-refractivity contribution in [1.82, 2.24) is 4.90 Å². The Morgan fingerprint density at radius 2 is 1.65 bits per heavy atom. The number of amides is 3. The van der Waals surface area contributed by atoms with Crippen LogP contribution in [0.5, 0.6) is 17.2 Å². The van der Waals surface area contributed by atoms with Crippen molar-refractivity contribution < 1.29 is 28.6 Å². The molecule has 8 nitrogen and oxygen atoms in total. The number of rotatable bonds is 11. The standard InChI is InChI=1S/C33H29BrN2O6S/c1-3-40-26-13-11-25(12-14-26)35-30(37)19-36-32(38)29(43-33(36)39)18-22-16-27(34)31(28(17-22)41-4-2)42-20-21-9-10-23-7-5-6-8-24(23)15-21/h5-18H,3-4,19-20H2,1-2H3,(H,35,37)/b29-18+. The highest BCUT2D eigenvalue weighted by atomic mass is 79.9. The smallest absolute Gasteiger partial charge is 0.294 e. The van der Waals surface area contributed by atoms with Gasteiger partial charge in [-0.1, -0.05) is 36.4 Å².